The molecule has 8 heteroatoms. The summed E-state index contributed by atoms with van der Waals surface area (Å²) in [7, 11) is 0. The van der Waals surface area contributed by atoms with E-state index in [1.165, 1.54) is 6.26 Å². The Morgan fingerprint density at radius 2 is 1.82 bits per heavy atom. The molecule has 28 heavy (non-hydrogen) atoms. The first-order chi connectivity index (χ1) is 13.5. The highest BCUT2D eigenvalue weighted by Gasteiger charge is 2.11. The minimum absolute atomic E-state index is 0.0771. The summed E-state index contributed by atoms with van der Waals surface area (Å²) >= 11 is 0. The molecule has 2 amide bonds. The quantitative estimate of drug-likeness (QED) is 0.368. The van der Waals surface area contributed by atoms with E-state index in [1.54, 1.807) is 43.3 Å². The van der Waals surface area contributed by atoms with Gasteiger partial charge in [-0.15, -0.1) is 0 Å². The van der Waals surface area contributed by atoms with Crippen LogP contribution in [0.15, 0.2) is 47.1 Å². The van der Waals surface area contributed by atoms with Crippen LogP contribution in [0, 0.1) is 0 Å². The topological polar surface area (TPSA) is 115 Å². The molecule has 0 saturated heterocycles. The third kappa shape index (κ3) is 6.71. The fraction of sp³-hybridized carbons (Fsp3) is 0.300. The minimum atomic E-state index is -0.521. The first kappa shape index (κ1) is 20.9. The molecule has 8 nitrogen and oxygen atoms in total. The molecule has 148 valence electrons. The maximum atomic E-state index is 12.1. The third-order valence-corrected chi connectivity index (χ3v) is 3.76. The van der Waals surface area contributed by atoms with Crippen LogP contribution in [0.5, 0.6) is 0 Å². The standard InChI is InChI=1S/C20H22N2O6/c1-2-18(24)22-15-9-7-14(8-10-15)16(23)13-28-19(25)6-3-11-21-20(26)17-5-4-12-27-17/h4-5,7-10,12H,2-3,6,11,13H2,1H3,(H,21,26)(H,22,24). The normalized spacial score (nSPS) is 10.2. The Hall–Kier alpha value is -3.42. The molecule has 0 aliphatic carbocycles. The van der Waals surface area contributed by atoms with E-state index in [0.717, 1.165) is 0 Å². The largest absolute Gasteiger partial charge is 0.459 e. The predicted octanol–water partition coefficient (Wildman–Crippen LogP) is 2.56. The van der Waals surface area contributed by atoms with Crippen molar-refractivity contribution >= 4 is 29.3 Å². The molecule has 1 heterocycles. The van der Waals surface area contributed by atoms with Crippen molar-refractivity contribution in [2.24, 2.45) is 0 Å². The van der Waals surface area contributed by atoms with Crippen molar-refractivity contribution in [2.75, 3.05) is 18.5 Å². The Morgan fingerprint density at radius 3 is 2.46 bits per heavy atom. The molecule has 1 aromatic carbocycles. The van der Waals surface area contributed by atoms with E-state index >= 15 is 0 Å². The van der Waals surface area contributed by atoms with Gasteiger partial charge in [0, 0.05) is 30.6 Å². The number of carbonyl (C=O) groups excluding carboxylic acids is 4. The molecular formula is C20H22N2O6. The second-order valence-corrected chi connectivity index (χ2v) is 5.90. The Bertz CT molecular complexity index is 812. The van der Waals surface area contributed by atoms with E-state index in [-0.39, 0.29) is 42.9 Å². The van der Waals surface area contributed by atoms with Crippen LogP contribution in [0.3, 0.4) is 0 Å². The molecule has 2 aromatic rings. The molecule has 0 fully saturated rings. The number of anilines is 1. The molecule has 0 aliphatic rings. The second kappa shape index (κ2) is 10.7. The molecule has 2 N–H and O–H groups in total. The van der Waals surface area contributed by atoms with E-state index in [9.17, 15) is 19.2 Å². The number of nitrogens with one attached hydrogen (secondary N) is 2. The van der Waals surface area contributed by atoms with E-state index in [0.29, 0.717) is 24.1 Å². The number of furan rings is 1. The van der Waals surface area contributed by atoms with Gasteiger partial charge in [0.15, 0.2) is 18.2 Å². The number of ether oxygens (including phenoxy) is 1. The fourth-order valence-corrected chi connectivity index (χ4v) is 2.22. The highest BCUT2D eigenvalue weighted by molar-refractivity contribution is 5.98. The summed E-state index contributed by atoms with van der Waals surface area (Å²) in [5, 5.41) is 5.30. The first-order valence-corrected chi connectivity index (χ1v) is 8.90. The molecule has 0 spiro atoms. The average Bonchev–Trinajstić information content (AvgIpc) is 3.24. The molecule has 0 bridgehead atoms. The van der Waals surface area contributed by atoms with E-state index in [4.69, 9.17) is 9.15 Å². The SMILES string of the molecule is CCC(=O)Nc1ccc(C(=O)COC(=O)CCCNC(=O)c2ccco2)cc1. The lowest BCUT2D eigenvalue weighted by Crippen LogP contribution is -2.24. The number of carbonyl (C=O) groups is 4. The zero-order chi connectivity index (χ0) is 20.4. The monoisotopic (exact) mass is 386 g/mol. The van der Waals surface area contributed by atoms with Crippen LogP contribution in [0.2, 0.25) is 0 Å². The van der Waals surface area contributed by atoms with Gasteiger partial charge in [-0.25, -0.2) is 0 Å². The van der Waals surface area contributed by atoms with Gasteiger partial charge in [-0.05, 0) is 42.8 Å². The van der Waals surface area contributed by atoms with Gasteiger partial charge in [0.2, 0.25) is 5.91 Å². The van der Waals surface area contributed by atoms with Crippen LogP contribution in [0.4, 0.5) is 5.69 Å². The summed E-state index contributed by atoms with van der Waals surface area (Å²) in [5.41, 5.74) is 0.977. The Labute approximate surface area is 162 Å². The number of ketones is 1. The van der Waals surface area contributed by atoms with Crippen LogP contribution in [-0.4, -0.2) is 36.7 Å². The second-order valence-electron chi connectivity index (χ2n) is 5.90. The Kier molecular flexibility index (Phi) is 7.95. The van der Waals surface area contributed by atoms with Gasteiger partial charge < -0.3 is 19.8 Å². The predicted molar refractivity (Wildman–Crippen MR) is 101 cm³/mol. The van der Waals surface area contributed by atoms with Gasteiger partial charge in [-0.3, -0.25) is 19.2 Å². The fourth-order valence-electron chi connectivity index (χ4n) is 2.22. The zero-order valence-electron chi connectivity index (χ0n) is 15.5. The summed E-state index contributed by atoms with van der Waals surface area (Å²) in [5.74, 6) is -1.13. The number of hydrogen-bond donors (Lipinski definition) is 2. The Balaban J connectivity index is 1.65. The summed E-state index contributed by atoms with van der Waals surface area (Å²) in [6.07, 6.45) is 2.22. The maximum absolute atomic E-state index is 12.1. The number of amides is 2. The highest BCUT2D eigenvalue weighted by atomic mass is 16.5. The summed E-state index contributed by atoms with van der Waals surface area (Å²) in [4.78, 5) is 46.7. The van der Waals surface area contributed by atoms with Gasteiger partial charge in [-0.1, -0.05) is 6.92 Å². The van der Waals surface area contributed by atoms with Crippen molar-refractivity contribution in [1.29, 1.82) is 0 Å². The van der Waals surface area contributed by atoms with Crippen LogP contribution < -0.4 is 10.6 Å². The number of benzene rings is 1. The molecule has 0 aliphatic heterocycles. The summed E-state index contributed by atoms with van der Waals surface area (Å²) in [6.45, 7) is 1.67. The van der Waals surface area contributed by atoms with Gasteiger partial charge in [0.25, 0.3) is 5.91 Å². The molecule has 1 aromatic heterocycles. The summed E-state index contributed by atoms with van der Waals surface area (Å²) < 4.78 is 9.91. The van der Waals surface area contributed by atoms with Gasteiger partial charge >= 0.3 is 5.97 Å². The van der Waals surface area contributed by atoms with E-state index < -0.39 is 5.97 Å². The number of rotatable bonds is 10. The van der Waals surface area contributed by atoms with Crippen molar-refractivity contribution in [3.05, 3.63) is 54.0 Å². The van der Waals surface area contributed by atoms with Crippen LogP contribution in [0.1, 0.15) is 47.1 Å². The number of Topliss-reactive ketones (excluding diaryl/α,β-unsaturated/α-hetero) is 1. The summed E-state index contributed by atoms with van der Waals surface area (Å²) in [6, 6.07) is 9.50. The van der Waals surface area contributed by atoms with E-state index in [2.05, 4.69) is 10.6 Å². The van der Waals surface area contributed by atoms with Crippen LogP contribution >= 0.6 is 0 Å². The molecule has 0 saturated carbocycles. The lowest BCUT2D eigenvalue weighted by atomic mass is 10.1. The zero-order valence-corrected chi connectivity index (χ0v) is 15.5. The lowest BCUT2D eigenvalue weighted by Gasteiger charge is -2.07. The molecule has 0 unspecified atom stereocenters. The molecule has 2 rings (SSSR count). The highest BCUT2D eigenvalue weighted by Crippen LogP contribution is 2.11. The van der Waals surface area contributed by atoms with Gasteiger partial charge in [0.05, 0.1) is 6.26 Å². The maximum Gasteiger partial charge on any atom is 0.306 e. The molecular weight excluding hydrogens is 364 g/mol. The van der Waals surface area contributed by atoms with Crippen molar-refractivity contribution in [3.63, 3.8) is 0 Å². The minimum Gasteiger partial charge on any atom is -0.459 e. The lowest BCUT2D eigenvalue weighted by molar-refractivity contribution is -0.142. The molecule has 0 radical (unpaired) electrons. The number of hydrogen-bond acceptors (Lipinski definition) is 6. The van der Waals surface area contributed by atoms with Crippen molar-refractivity contribution in [1.82, 2.24) is 5.32 Å². The van der Waals surface area contributed by atoms with Crippen LogP contribution in [-0.2, 0) is 14.3 Å². The van der Waals surface area contributed by atoms with Crippen molar-refractivity contribution in [3.8, 4) is 0 Å². The van der Waals surface area contributed by atoms with Crippen LogP contribution in [0.25, 0.3) is 0 Å². The van der Waals surface area contributed by atoms with Crippen molar-refractivity contribution < 1.29 is 28.3 Å². The van der Waals surface area contributed by atoms with Gasteiger partial charge in [-0.2, -0.15) is 0 Å². The van der Waals surface area contributed by atoms with Crippen molar-refractivity contribution in [2.45, 2.75) is 26.2 Å². The molecule has 0 atom stereocenters. The Morgan fingerprint density at radius 1 is 1.07 bits per heavy atom. The third-order valence-electron chi connectivity index (χ3n) is 3.76. The average molecular weight is 386 g/mol. The van der Waals surface area contributed by atoms with Gasteiger partial charge in [0.1, 0.15) is 0 Å². The first-order valence-electron chi connectivity index (χ1n) is 8.90. The van der Waals surface area contributed by atoms with E-state index in [1.807, 2.05) is 0 Å². The number of esters is 1. The smallest absolute Gasteiger partial charge is 0.306 e.